The number of carbonyl (C=O) groups excluding carboxylic acids is 1. The first kappa shape index (κ1) is 50.7. The van der Waals surface area contributed by atoms with Gasteiger partial charge in [-0.05, 0) is 168 Å². The van der Waals surface area contributed by atoms with Crippen molar-refractivity contribution in [1.82, 2.24) is 0 Å². The van der Waals surface area contributed by atoms with E-state index in [0.29, 0.717) is 60.1 Å². The molecule has 2 heterocycles. The van der Waals surface area contributed by atoms with E-state index in [0.717, 1.165) is 111 Å². The van der Waals surface area contributed by atoms with Crippen molar-refractivity contribution in [3.05, 3.63) is 274 Å². The van der Waals surface area contributed by atoms with Crippen LogP contribution in [0.4, 0.5) is 11.4 Å². The number of allylic oxidation sites excluding steroid dienone is 5. The van der Waals surface area contributed by atoms with E-state index >= 15 is 15.0 Å². The molecular weight excluding hydrogens is 1040 g/mol. The van der Waals surface area contributed by atoms with Crippen molar-refractivity contribution in [3.63, 3.8) is 0 Å². The number of anilines is 2. The summed E-state index contributed by atoms with van der Waals surface area (Å²) in [4.78, 5) is 15.2. The molecule has 15 rings (SSSR count). The van der Waals surface area contributed by atoms with Crippen LogP contribution in [0, 0.1) is 0 Å². The smallest absolute Gasteiger partial charge is 0.178 e. The average molecular weight is 1100 g/mol. The summed E-state index contributed by atoms with van der Waals surface area (Å²) < 4.78 is 23.7. The molecule has 0 spiro atoms. The number of nitrogens with one attached hydrogen (secondary N) is 2. The number of aryl methyl sites for hydroxylation is 2. The van der Waals surface area contributed by atoms with Crippen LogP contribution >= 0.6 is 0 Å². The quantitative estimate of drug-likeness (QED) is 0.110. The van der Waals surface area contributed by atoms with Gasteiger partial charge in [-0.3, -0.25) is 4.79 Å². The van der Waals surface area contributed by atoms with Crippen LogP contribution in [-0.2, 0) is 28.5 Å². The lowest BCUT2D eigenvalue weighted by Crippen LogP contribution is -2.30. The normalized spacial score (nSPS) is 18.5. The second-order valence-electron chi connectivity index (χ2n) is 22.3. The summed E-state index contributed by atoms with van der Waals surface area (Å²) in [6.07, 6.45) is 5.60. The molecule has 0 saturated heterocycles. The van der Waals surface area contributed by atoms with Crippen molar-refractivity contribution in [2.75, 3.05) is 39.1 Å². The number of hydrogen-bond acceptors (Lipinski definition) is 9. The first-order valence-corrected chi connectivity index (χ1v) is 28.5. The summed E-state index contributed by atoms with van der Waals surface area (Å²) in [6, 6.07) is 66.9. The van der Waals surface area contributed by atoms with Crippen LogP contribution in [0.5, 0.6) is 23.0 Å². The minimum atomic E-state index is -1.03. The lowest BCUT2D eigenvalue weighted by molar-refractivity contribution is -0.308. The maximum Gasteiger partial charge on any atom is 0.178 e. The molecule has 0 aromatic heterocycles. The van der Waals surface area contributed by atoms with E-state index in [1.807, 2.05) is 72.8 Å². The number of methoxy groups -OCH3 is 4. The second kappa shape index (κ2) is 19.5. The van der Waals surface area contributed by atoms with Crippen LogP contribution in [0.3, 0.4) is 0 Å². The molecule has 10 aromatic carbocycles. The van der Waals surface area contributed by atoms with Gasteiger partial charge in [0, 0.05) is 27.7 Å². The molecule has 2 N–H and O–H groups in total. The molecule has 0 radical (unpaired) electrons. The molecule has 2 aliphatic heterocycles. The highest BCUT2D eigenvalue weighted by atomic mass is 16.5. The van der Waals surface area contributed by atoms with Gasteiger partial charge < -0.3 is 39.8 Å². The molecule has 0 bridgehead atoms. The van der Waals surface area contributed by atoms with Crippen molar-refractivity contribution >= 4 is 38.7 Å². The van der Waals surface area contributed by atoms with Gasteiger partial charge in [0.05, 0.1) is 50.6 Å². The number of carbonyl (C=O) groups is 1. The van der Waals surface area contributed by atoms with Crippen molar-refractivity contribution in [1.29, 1.82) is 0 Å². The van der Waals surface area contributed by atoms with E-state index < -0.39 is 28.1 Å². The maximum absolute atomic E-state index is 15.9. The highest BCUT2D eigenvalue weighted by molar-refractivity contribution is 6.21. The first-order chi connectivity index (χ1) is 41.2. The van der Waals surface area contributed by atoms with Gasteiger partial charge in [-0.1, -0.05) is 169 Å². The van der Waals surface area contributed by atoms with Gasteiger partial charge in [-0.2, -0.15) is 0 Å². The molecule has 84 heavy (non-hydrogen) atoms. The molecule has 9 heteroatoms. The molecule has 410 valence electrons. The topological polar surface area (TPSA) is 124 Å². The molecule has 0 saturated carbocycles. The number of hydrogen-bond donors (Lipinski definition) is 2. The standard InChI is InChI=1S/C75H58N2O7/c1-81-61-31-29-45(37-63(61)83-3)74(35-33-43-17-7-5-8-18-43)59-39-55-49-23-13-11-21-47(49)51-25-15-27-53(67(51)55)69(59)76-65(74)41-57-71(78)58(73(80)72(57)79)42-66-75(36-34-44-19-9-6-10-20-44,46-30-32-62(82-2)64(38-46)84-4)60-40-56-50-24-14-12-22-48(50)52-26-16-28-54(68(52)56)70(60)77-66/h5-32,37-42,76-78H,33-36H2,1-4H3,(H,79,80)/p-2/b65-41-,66-42-. The zero-order valence-electron chi connectivity index (χ0n) is 46.8. The minimum absolute atomic E-state index is 0.214. The Labute approximate surface area is 487 Å². The fourth-order valence-corrected chi connectivity index (χ4v) is 14.5. The number of fused-ring (bicyclic) bond motifs is 10. The molecular formula is C75H56N2O7-2. The van der Waals surface area contributed by atoms with Gasteiger partial charge in [0.25, 0.3) is 0 Å². The van der Waals surface area contributed by atoms with E-state index in [1.165, 1.54) is 0 Å². The maximum atomic E-state index is 15.9. The van der Waals surface area contributed by atoms with Crippen molar-refractivity contribution in [3.8, 4) is 67.5 Å². The van der Waals surface area contributed by atoms with Crippen molar-refractivity contribution < 1.29 is 34.0 Å². The summed E-state index contributed by atoms with van der Waals surface area (Å²) >= 11 is 0. The predicted octanol–water partition coefficient (Wildman–Crippen LogP) is 14.3. The fraction of sp³-hybridized carbons (Fsp3) is 0.133. The Bertz CT molecular complexity index is 4590. The molecule has 2 atom stereocenters. The fourth-order valence-electron chi connectivity index (χ4n) is 14.5. The van der Waals surface area contributed by atoms with Crippen LogP contribution < -0.4 is 39.8 Å². The van der Waals surface area contributed by atoms with Crippen LogP contribution in [0.15, 0.2) is 240 Å². The molecule has 10 aromatic rings. The van der Waals surface area contributed by atoms with Crippen LogP contribution in [0.1, 0.15) is 46.2 Å². The Kier molecular flexibility index (Phi) is 11.7. The zero-order chi connectivity index (χ0) is 57.0. The van der Waals surface area contributed by atoms with E-state index in [-0.39, 0.29) is 11.1 Å². The monoisotopic (exact) mass is 1100 g/mol. The SMILES string of the molecule is COc1ccc(C2(CCc3ccccc3)/C(=C/C3=C([O-])C(/C=C4\Nc5c(cc6c7c(cccc57)-c5ccccc5-6)C4(CCc4ccccc4)c4ccc(OC)c(OC)c4)=C([O-])C3=O)Nc3c2cc2c4c(cccc34)-c3ccccc3-2)cc1OC. The van der Waals surface area contributed by atoms with Crippen molar-refractivity contribution in [2.45, 2.75) is 36.5 Å². The Balaban J connectivity index is 0.962. The van der Waals surface area contributed by atoms with Crippen LogP contribution in [0.25, 0.3) is 66.1 Å². The number of rotatable bonds is 14. The molecule has 5 aliphatic rings. The van der Waals surface area contributed by atoms with Gasteiger partial charge in [0.1, 0.15) is 0 Å². The van der Waals surface area contributed by atoms with Gasteiger partial charge in [0.15, 0.2) is 28.8 Å². The van der Waals surface area contributed by atoms with Gasteiger partial charge in [0.2, 0.25) is 0 Å². The van der Waals surface area contributed by atoms with Crippen molar-refractivity contribution in [2.24, 2.45) is 0 Å². The zero-order valence-corrected chi connectivity index (χ0v) is 46.8. The molecule has 0 fully saturated rings. The highest BCUT2D eigenvalue weighted by Crippen LogP contribution is 2.61. The Morgan fingerprint density at radius 3 is 1.23 bits per heavy atom. The third-order valence-electron chi connectivity index (χ3n) is 18.5. The first-order valence-electron chi connectivity index (χ1n) is 28.5. The molecule has 9 nitrogen and oxygen atoms in total. The largest absolute Gasteiger partial charge is 0.872 e. The number of benzene rings is 10. The van der Waals surface area contributed by atoms with Crippen LogP contribution in [0.2, 0.25) is 0 Å². The van der Waals surface area contributed by atoms with Crippen LogP contribution in [-0.4, -0.2) is 34.2 Å². The Morgan fingerprint density at radius 1 is 0.405 bits per heavy atom. The summed E-state index contributed by atoms with van der Waals surface area (Å²) in [5.74, 6) is -0.225. The third-order valence-corrected chi connectivity index (χ3v) is 18.5. The minimum Gasteiger partial charge on any atom is -0.872 e. The third kappa shape index (κ3) is 7.30. The second-order valence-corrected chi connectivity index (χ2v) is 22.3. The van der Waals surface area contributed by atoms with Gasteiger partial charge in [-0.15, -0.1) is 0 Å². The summed E-state index contributed by atoms with van der Waals surface area (Å²) in [6.45, 7) is 0. The Morgan fingerprint density at radius 2 is 0.798 bits per heavy atom. The lowest BCUT2D eigenvalue weighted by atomic mass is 9.68. The summed E-state index contributed by atoms with van der Waals surface area (Å²) in [7, 11) is 6.48. The van der Waals surface area contributed by atoms with Gasteiger partial charge in [-0.25, -0.2) is 0 Å². The van der Waals surface area contributed by atoms with Gasteiger partial charge >= 0.3 is 0 Å². The van der Waals surface area contributed by atoms with E-state index in [2.05, 4.69) is 132 Å². The van der Waals surface area contributed by atoms with E-state index in [9.17, 15) is 0 Å². The summed E-state index contributed by atoms with van der Waals surface area (Å²) in [5, 5.41) is 43.1. The average Bonchev–Trinajstić information content (AvgIpc) is 1.66. The molecule has 0 amide bonds. The molecule has 3 aliphatic carbocycles. The number of ketones is 1. The Hall–Kier alpha value is -10.3. The van der Waals surface area contributed by atoms with E-state index in [4.69, 9.17) is 18.9 Å². The number of ether oxygens (including phenoxy) is 4. The lowest BCUT2D eigenvalue weighted by Gasteiger charge is -2.34. The highest BCUT2D eigenvalue weighted by Gasteiger charge is 2.49. The number of Topliss-reactive ketones (excluding diaryl/α,β-unsaturated/α-hetero) is 1. The summed E-state index contributed by atoms with van der Waals surface area (Å²) in [5.41, 5.74) is 15.4. The predicted molar refractivity (Wildman–Crippen MR) is 329 cm³/mol. The van der Waals surface area contributed by atoms with E-state index in [1.54, 1.807) is 40.6 Å². The molecule has 2 unspecified atom stereocenters.